The number of benzene rings is 1. The van der Waals surface area contributed by atoms with Gasteiger partial charge in [0.25, 0.3) is 0 Å². The Morgan fingerprint density at radius 1 is 1.12 bits per heavy atom. The molecule has 0 aliphatic rings. The molecule has 2 N–H and O–H groups in total. The first-order valence-corrected chi connectivity index (χ1v) is 8.61. The fraction of sp³-hybridized carbons (Fsp3) is 0.400. The quantitative estimate of drug-likeness (QED) is 0.615. The predicted octanol–water partition coefficient (Wildman–Crippen LogP) is 3.13. The van der Waals surface area contributed by atoms with E-state index in [1.54, 1.807) is 20.4 Å². The van der Waals surface area contributed by atoms with Crippen molar-refractivity contribution >= 4 is 5.96 Å². The molecule has 1 heterocycles. The SMILES string of the molecule is CN=C(NCc1ccnc(OC)c1)NCc1ccccc1OC(C)(C)C. The number of pyridine rings is 1. The van der Waals surface area contributed by atoms with Gasteiger partial charge in [0, 0.05) is 38.0 Å². The minimum absolute atomic E-state index is 0.240. The summed E-state index contributed by atoms with van der Waals surface area (Å²) in [4.78, 5) is 8.38. The van der Waals surface area contributed by atoms with Gasteiger partial charge in [-0.25, -0.2) is 4.98 Å². The third-order valence-corrected chi connectivity index (χ3v) is 3.53. The van der Waals surface area contributed by atoms with E-state index in [0.717, 1.165) is 16.9 Å². The van der Waals surface area contributed by atoms with E-state index in [2.05, 4.69) is 26.7 Å². The molecule has 0 radical (unpaired) electrons. The Bertz CT molecular complexity index is 739. The fourth-order valence-corrected chi connectivity index (χ4v) is 2.34. The lowest BCUT2D eigenvalue weighted by atomic mass is 10.1. The van der Waals surface area contributed by atoms with Gasteiger partial charge >= 0.3 is 0 Å². The van der Waals surface area contributed by atoms with Crippen molar-refractivity contribution in [3.05, 3.63) is 53.7 Å². The van der Waals surface area contributed by atoms with E-state index in [1.165, 1.54) is 0 Å². The number of guanidine groups is 1. The van der Waals surface area contributed by atoms with Crippen LogP contribution in [0.25, 0.3) is 0 Å². The van der Waals surface area contributed by atoms with Gasteiger partial charge in [-0.2, -0.15) is 0 Å². The maximum atomic E-state index is 6.03. The second-order valence-electron chi connectivity index (χ2n) is 6.81. The zero-order chi connectivity index (χ0) is 19.0. The summed E-state index contributed by atoms with van der Waals surface area (Å²) in [5.74, 6) is 2.19. The zero-order valence-electron chi connectivity index (χ0n) is 16.2. The molecule has 6 heteroatoms. The second-order valence-corrected chi connectivity index (χ2v) is 6.81. The first-order chi connectivity index (χ1) is 12.4. The van der Waals surface area contributed by atoms with Gasteiger partial charge in [0.1, 0.15) is 11.4 Å². The zero-order valence-corrected chi connectivity index (χ0v) is 16.2. The minimum Gasteiger partial charge on any atom is -0.488 e. The maximum absolute atomic E-state index is 6.03. The van der Waals surface area contributed by atoms with Crippen LogP contribution in [0.3, 0.4) is 0 Å². The lowest BCUT2D eigenvalue weighted by Crippen LogP contribution is -2.36. The summed E-state index contributed by atoms with van der Waals surface area (Å²) in [6.07, 6.45) is 1.73. The molecule has 1 aromatic carbocycles. The topological polar surface area (TPSA) is 67.8 Å². The third-order valence-electron chi connectivity index (χ3n) is 3.53. The molecule has 2 rings (SSSR count). The minimum atomic E-state index is -0.240. The van der Waals surface area contributed by atoms with Crippen LogP contribution in [0.15, 0.2) is 47.6 Å². The predicted molar refractivity (Wildman–Crippen MR) is 105 cm³/mol. The number of ether oxygens (including phenoxy) is 2. The highest BCUT2D eigenvalue weighted by molar-refractivity contribution is 5.79. The van der Waals surface area contributed by atoms with Crippen molar-refractivity contribution in [2.75, 3.05) is 14.2 Å². The lowest BCUT2D eigenvalue weighted by molar-refractivity contribution is 0.129. The number of nitrogens with one attached hydrogen (secondary N) is 2. The number of para-hydroxylation sites is 1. The van der Waals surface area contributed by atoms with Crippen LogP contribution < -0.4 is 20.1 Å². The van der Waals surface area contributed by atoms with Gasteiger partial charge in [0.15, 0.2) is 5.96 Å². The van der Waals surface area contributed by atoms with Crippen LogP contribution in [0.1, 0.15) is 31.9 Å². The Balaban J connectivity index is 1.95. The molecule has 0 amide bonds. The summed E-state index contributed by atoms with van der Waals surface area (Å²) in [6, 6.07) is 11.9. The Kier molecular flexibility index (Phi) is 6.83. The van der Waals surface area contributed by atoms with Gasteiger partial charge in [0.05, 0.1) is 7.11 Å². The summed E-state index contributed by atoms with van der Waals surface area (Å²) >= 11 is 0. The van der Waals surface area contributed by atoms with Gasteiger partial charge in [-0.05, 0) is 38.5 Å². The summed E-state index contributed by atoms with van der Waals surface area (Å²) in [6.45, 7) is 7.37. The smallest absolute Gasteiger partial charge is 0.213 e. The van der Waals surface area contributed by atoms with Crippen LogP contribution in [-0.2, 0) is 13.1 Å². The third kappa shape index (κ3) is 6.27. The van der Waals surface area contributed by atoms with E-state index in [-0.39, 0.29) is 5.60 Å². The van der Waals surface area contributed by atoms with E-state index in [1.807, 2.05) is 51.1 Å². The van der Waals surface area contributed by atoms with Crippen molar-refractivity contribution in [1.82, 2.24) is 15.6 Å². The number of hydrogen-bond donors (Lipinski definition) is 2. The molecule has 2 aromatic rings. The van der Waals surface area contributed by atoms with Crippen molar-refractivity contribution < 1.29 is 9.47 Å². The molecule has 0 saturated carbocycles. The Morgan fingerprint density at radius 2 is 1.85 bits per heavy atom. The van der Waals surface area contributed by atoms with Crippen molar-refractivity contribution in [3.63, 3.8) is 0 Å². The van der Waals surface area contributed by atoms with Gasteiger partial charge < -0.3 is 20.1 Å². The van der Waals surface area contributed by atoms with Crippen LogP contribution in [0.2, 0.25) is 0 Å². The number of aromatic nitrogens is 1. The first-order valence-electron chi connectivity index (χ1n) is 8.61. The van der Waals surface area contributed by atoms with Gasteiger partial charge in [-0.3, -0.25) is 4.99 Å². The molecule has 0 aliphatic carbocycles. The summed E-state index contributed by atoms with van der Waals surface area (Å²) in [5, 5.41) is 6.61. The van der Waals surface area contributed by atoms with Crippen LogP contribution in [-0.4, -0.2) is 30.7 Å². The molecule has 0 unspecified atom stereocenters. The molecule has 0 saturated heterocycles. The molecule has 0 aliphatic heterocycles. The average Bonchev–Trinajstić information content (AvgIpc) is 2.62. The van der Waals surface area contributed by atoms with Crippen LogP contribution in [0, 0.1) is 0 Å². The number of methoxy groups -OCH3 is 1. The highest BCUT2D eigenvalue weighted by Gasteiger charge is 2.14. The Morgan fingerprint density at radius 3 is 2.54 bits per heavy atom. The van der Waals surface area contributed by atoms with Crippen LogP contribution in [0.4, 0.5) is 0 Å². The Hall–Kier alpha value is -2.76. The summed E-state index contributed by atoms with van der Waals surface area (Å²) in [5.41, 5.74) is 1.91. The monoisotopic (exact) mass is 356 g/mol. The van der Waals surface area contributed by atoms with Crippen LogP contribution >= 0.6 is 0 Å². The number of nitrogens with zero attached hydrogens (tertiary/aromatic N) is 2. The molecule has 0 spiro atoms. The largest absolute Gasteiger partial charge is 0.488 e. The Labute approximate surface area is 155 Å². The average molecular weight is 356 g/mol. The standard InChI is InChI=1S/C20H28N4O2/c1-20(2,3)26-17-9-7-6-8-16(17)14-24-19(21-4)23-13-15-10-11-22-18(12-15)25-5/h6-12H,13-14H2,1-5H3,(H2,21,23,24). The van der Waals surface area contributed by atoms with Crippen molar-refractivity contribution in [3.8, 4) is 11.6 Å². The van der Waals surface area contributed by atoms with Gasteiger partial charge in [-0.15, -0.1) is 0 Å². The van der Waals surface area contributed by atoms with Crippen molar-refractivity contribution in [2.45, 2.75) is 39.5 Å². The molecule has 0 atom stereocenters. The number of aliphatic imine (C=N–C) groups is 1. The number of rotatable bonds is 6. The molecular weight excluding hydrogens is 328 g/mol. The van der Waals surface area contributed by atoms with E-state index >= 15 is 0 Å². The van der Waals surface area contributed by atoms with Crippen molar-refractivity contribution in [1.29, 1.82) is 0 Å². The van der Waals surface area contributed by atoms with E-state index in [9.17, 15) is 0 Å². The molecule has 0 bridgehead atoms. The fourth-order valence-electron chi connectivity index (χ4n) is 2.34. The molecule has 6 nitrogen and oxygen atoms in total. The second kappa shape index (κ2) is 9.08. The normalized spacial score (nSPS) is 11.8. The summed E-state index contributed by atoms with van der Waals surface area (Å²) in [7, 11) is 3.36. The van der Waals surface area contributed by atoms with Crippen LogP contribution in [0.5, 0.6) is 11.6 Å². The molecule has 0 fully saturated rings. The first kappa shape index (κ1) is 19.6. The molecule has 26 heavy (non-hydrogen) atoms. The molecular formula is C20H28N4O2. The number of hydrogen-bond acceptors (Lipinski definition) is 4. The summed E-state index contributed by atoms with van der Waals surface area (Å²) < 4.78 is 11.2. The maximum Gasteiger partial charge on any atom is 0.213 e. The molecule has 140 valence electrons. The van der Waals surface area contributed by atoms with Gasteiger partial charge in [0.2, 0.25) is 5.88 Å². The van der Waals surface area contributed by atoms with E-state index in [0.29, 0.717) is 24.9 Å². The highest BCUT2D eigenvalue weighted by Crippen LogP contribution is 2.22. The molecule has 1 aromatic heterocycles. The van der Waals surface area contributed by atoms with E-state index < -0.39 is 0 Å². The van der Waals surface area contributed by atoms with E-state index in [4.69, 9.17) is 9.47 Å². The van der Waals surface area contributed by atoms with Gasteiger partial charge in [-0.1, -0.05) is 18.2 Å². The van der Waals surface area contributed by atoms with Crippen molar-refractivity contribution in [2.24, 2.45) is 4.99 Å². The highest BCUT2D eigenvalue weighted by atomic mass is 16.5. The lowest BCUT2D eigenvalue weighted by Gasteiger charge is -2.23.